The zero-order valence-electron chi connectivity index (χ0n) is 14.4. The predicted molar refractivity (Wildman–Crippen MR) is 93.4 cm³/mol. The fraction of sp³-hybridized carbons (Fsp3) is 0.278. The highest BCUT2D eigenvalue weighted by Crippen LogP contribution is 2.27. The molecule has 0 unspecified atom stereocenters. The first-order chi connectivity index (χ1) is 12.0. The third kappa shape index (κ3) is 4.47. The van der Waals surface area contributed by atoms with Crippen molar-refractivity contribution in [3.8, 4) is 11.5 Å². The molecular formula is C18H20N2O5. The summed E-state index contributed by atoms with van der Waals surface area (Å²) < 4.78 is 10.4. The number of nitro groups is 1. The molecule has 0 radical (unpaired) electrons. The van der Waals surface area contributed by atoms with Gasteiger partial charge >= 0.3 is 0 Å². The van der Waals surface area contributed by atoms with E-state index in [9.17, 15) is 14.9 Å². The Labute approximate surface area is 145 Å². The highest BCUT2D eigenvalue weighted by Gasteiger charge is 2.19. The number of hydrogen-bond donors (Lipinski definition) is 1. The quantitative estimate of drug-likeness (QED) is 0.616. The van der Waals surface area contributed by atoms with E-state index in [2.05, 4.69) is 5.32 Å². The number of nitrogens with zero attached hydrogens (tertiary/aromatic N) is 1. The number of benzene rings is 2. The molecule has 2 aromatic carbocycles. The average Bonchev–Trinajstić information content (AvgIpc) is 2.61. The number of aryl methyl sites for hydroxylation is 1. The first kappa shape index (κ1) is 18.3. The van der Waals surface area contributed by atoms with Crippen LogP contribution >= 0.6 is 0 Å². The SMILES string of the molecule is COc1ccc(CCNC(=O)c2cc(C)ccc2[N+](=O)[O-])cc1OC. The highest BCUT2D eigenvalue weighted by molar-refractivity contribution is 5.98. The molecule has 1 amide bonds. The van der Waals surface area contributed by atoms with Gasteiger partial charge in [0, 0.05) is 12.6 Å². The average molecular weight is 344 g/mol. The fourth-order valence-electron chi connectivity index (χ4n) is 2.44. The summed E-state index contributed by atoms with van der Waals surface area (Å²) in [5.74, 6) is 0.780. The second kappa shape index (κ2) is 8.14. The van der Waals surface area contributed by atoms with Crippen LogP contribution in [0.4, 0.5) is 5.69 Å². The molecule has 0 saturated carbocycles. The number of carbonyl (C=O) groups is 1. The van der Waals surface area contributed by atoms with E-state index in [1.165, 1.54) is 12.1 Å². The fourth-order valence-corrected chi connectivity index (χ4v) is 2.44. The van der Waals surface area contributed by atoms with Gasteiger partial charge in [-0.15, -0.1) is 0 Å². The number of ether oxygens (including phenoxy) is 2. The van der Waals surface area contributed by atoms with Gasteiger partial charge in [-0.3, -0.25) is 14.9 Å². The van der Waals surface area contributed by atoms with Crippen molar-refractivity contribution in [2.24, 2.45) is 0 Å². The number of carbonyl (C=O) groups excluding carboxylic acids is 1. The molecule has 0 heterocycles. The molecule has 0 fully saturated rings. The maximum absolute atomic E-state index is 12.3. The van der Waals surface area contributed by atoms with Crippen LogP contribution in [0.15, 0.2) is 36.4 Å². The topological polar surface area (TPSA) is 90.7 Å². The molecule has 7 nitrogen and oxygen atoms in total. The Bertz CT molecular complexity index is 789. The van der Waals surface area contributed by atoms with Crippen molar-refractivity contribution in [1.82, 2.24) is 5.32 Å². The second-order valence-electron chi connectivity index (χ2n) is 5.47. The molecule has 132 valence electrons. The Balaban J connectivity index is 2.04. The molecule has 2 aromatic rings. The van der Waals surface area contributed by atoms with Crippen LogP contribution in [0.1, 0.15) is 21.5 Å². The van der Waals surface area contributed by atoms with Crippen molar-refractivity contribution in [1.29, 1.82) is 0 Å². The number of hydrogen-bond acceptors (Lipinski definition) is 5. The van der Waals surface area contributed by atoms with E-state index in [4.69, 9.17) is 9.47 Å². The van der Waals surface area contributed by atoms with Crippen LogP contribution in [0.25, 0.3) is 0 Å². The third-order valence-corrected chi connectivity index (χ3v) is 3.74. The molecule has 0 atom stereocenters. The van der Waals surface area contributed by atoms with E-state index in [0.29, 0.717) is 24.5 Å². The monoisotopic (exact) mass is 344 g/mol. The summed E-state index contributed by atoms with van der Waals surface area (Å²) >= 11 is 0. The van der Waals surface area contributed by atoms with E-state index >= 15 is 0 Å². The molecular weight excluding hydrogens is 324 g/mol. The van der Waals surface area contributed by atoms with Gasteiger partial charge in [-0.1, -0.05) is 12.1 Å². The first-order valence-corrected chi connectivity index (χ1v) is 7.70. The van der Waals surface area contributed by atoms with Crippen LogP contribution in [-0.2, 0) is 6.42 Å². The maximum Gasteiger partial charge on any atom is 0.282 e. The lowest BCUT2D eigenvalue weighted by Gasteiger charge is -2.10. The smallest absolute Gasteiger partial charge is 0.282 e. The lowest BCUT2D eigenvalue weighted by molar-refractivity contribution is -0.385. The van der Waals surface area contributed by atoms with Crippen molar-refractivity contribution in [3.63, 3.8) is 0 Å². The molecule has 25 heavy (non-hydrogen) atoms. The van der Waals surface area contributed by atoms with Gasteiger partial charge in [-0.2, -0.15) is 0 Å². The van der Waals surface area contributed by atoms with Crippen LogP contribution in [0, 0.1) is 17.0 Å². The van der Waals surface area contributed by atoms with E-state index < -0.39 is 10.8 Å². The molecule has 0 aliphatic heterocycles. The lowest BCUT2D eigenvalue weighted by Crippen LogP contribution is -2.26. The van der Waals surface area contributed by atoms with Crippen LogP contribution in [0.5, 0.6) is 11.5 Å². The minimum absolute atomic E-state index is 0.0670. The van der Waals surface area contributed by atoms with Gasteiger partial charge in [0.25, 0.3) is 11.6 Å². The molecule has 7 heteroatoms. The van der Waals surface area contributed by atoms with E-state index in [1.54, 1.807) is 33.3 Å². The second-order valence-corrected chi connectivity index (χ2v) is 5.47. The normalized spacial score (nSPS) is 10.2. The Morgan fingerprint density at radius 2 is 1.84 bits per heavy atom. The van der Waals surface area contributed by atoms with Crippen molar-refractivity contribution in [3.05, 3.63) is 63.2 Å². The van der Waals surface area contributed by atoms with Crippen molar-refractivity contribution >= 4 is 11.6 Å². The van der Waals surface area contributed by atoms with Crippen molar-refractivity contribution in [2.45, 2.75) is 13.3 Å². The molecule has 0 aliphatic carbocycles. The largest absolute Gasteiger partial charge is 0.493 e. The number of methoxy groups -OCH3 is 2. The van der Waals surface area contributed by atoms with Gasteiger partial charge in [-0.05, 0) is 42.7 Å². The van der Waals surface area contributed by atoms with Crippen molar-refractivity contribution in [2.75, 3.05) is 20.8 Å². The van der Waals surface area contributed by atoms with Gasteiger partial charge in [0.1, 0.15) is 5.56 Å². The molecule has 2 rings (SSSR count). The van der Waals surface area contributed by atoms with Gasteiger partial charge in [0.15, 0.2) is 11.5 Å². The molecule has 0 saturated heterocycles. The zero-order valence-corrected chi connectivity index (χ0v) is 14.4. The number of rotatable bonds is 7. The van der Waals surface area contributed by atoms with E-state index in [1.807, 2.05) is 12.1 Å². The number of nitrogens with one attached hydrogen (secondary N) is 1. The van der Waals surface area contributed by atoms with E-state index in [-0.39, 0.29) is 11.3 Å². The van der Waals surface area contributed by atoms with Crippen molar-refractivity contribution < 1.29 is 19.2 Å². The van der Waals surface area contributed by atoms with Gasteiger partial charge in [0.05, 0.1) is 19.1 Å². The summed E-state index contributed by atoms with van der Waals surface area (Å²) in [7, 11) is 3.12. The van der Waals surface area contributed by atoms with Crippen LogP contribution in [0.2, 0.25) is 0 Å². The molecule has 0 bridgehead atoms. The predicted octanol–water partition coefficient (Wildman–Crippen LogP) is 2.89. The Hall–Kier alpha value is -3.09. The highest BCUT2D eigenvalue weighted by atomic mass is 16.6. The maximum atomic E-state index is 12.3. The summed E-state index contributed by atoms with van der Waals surface area (Å²) in [6, 6.07) is 9.98. The molecule has 0 aromatic heterocycles. The first-order valence-electron chi connectivity index (χ1n) is 7.70. The number of amides is 1. The van der Waals surface area contributed by atoms with Gasteiger partial charge in [0.2, 0.25) is 0 Å². The summed E-state index contributed by atoms with van der Waals surface area (Å²) in [5, 5.41) is 13.8. The third-order valence-electron chi connectivity index (χ3n) is 3.74. The minimum atomic E-state index is -0.553. The minimum Gasteiger partial charge on any atom is -0.493 e. The summed E-state index contributed by atoms with van der Waals surface area (Å²) in [4.78, 5) is 22.8. The van der Waals surface area contributed by atoms with Gasteiger partial charge in [-0.25, -0.2) is 0 Å². The standard InChI is InChI=1S/C18H20N2O5/c1-12-4-6-15(20(22)23)14(10-12)18(21)19-9-8-13-5-7-16(24-2)17(11-13)25-3/h4-7,10-11H,8-9H2,1-3H3,(H,19,21). The Morgan fingerprint density at radius 3 is 2.48 bits per heavy atom. The Kier molecular flexibility index (Phi) is 5.94. The molecule has 0 aliphatic rings. The van der Waals surface area contributed by atoms with Crippen LogP contribution in [-0.4, -0.2) is 31.6 Å². The van der Waals surface area contributed by atoms with Crippen LogP contribution in [0.3, 0.4) is 0 Å². The molecule has 1 N–H and O–H groups in total. The van der Waals surface area contributed by atoms with Crippen LogP contribution < -0.4 is 14.8 Å². The zero-order chi connectivity index (χ0) is 18.4. The summed E-state index contributed by atoms with van der Waals surface area (Å²) in [5.41, 5.74) is 1.61. The van der Waals surface area contributed by atoms with E-state index in [0.717, 1.165) is 11.1 Å². The summed E-state index contributed by atoms with van der Waals surface area (Å²) in [6.07, 6.45) is 0.561. The number of nitro benzene ring substituents is 1. The summed E-state index contributed by atoms with van der Waals surface area (Å²) in [6.45, 7) is 2.13. The van der Waals surface area contributed by atoms with Gasteiger partial charge < -0.3 is 14.8 Å². The Morgan fingerprint density at radius 1 is 1.12 bits per heavy atom. The lowest BCUT2D eigenvalue weighted by atomic mass is 10.1. The molecule has 0 spiro atoms.